The molecule has 170 valence electrons. The Morgan fingerprint density at radius 1 is 0.735 bits per heavy atom. The maximum atomic E-state index is 14.0. The van der Waals surface area contributed by atoms with Gasteiger partial charge in [0.15, 0.2) is 5.78 Å². The fourth-order valence-corrected chi connectivity index (χ4v) is 3.61. The number of hydrogen-bond donors (Lipinski definition) is 0. The van der Waals surface area contributed by atoms with Gasteiger partial charge < -0.3 is 4.74 Å². The largest absolute Gasteiger partial charge is 0.496 e. The molecule has 0 aliphatic rings. The summed E-state index contributed by atoms with van der Waals surface area (Å²) in [6.07, 6.45) is 2.12. The zero-order chi connectivity index (χ0) is 24.2. The van der Waals surface area contributed by atoms with Gasteiger partial charge in [-0.05, 0) is 82.9 Å². The van der Waals surface area contributed by atoms with Gasteiger partial charge in [0.25, 0.3) is 0 Å². The Labute approximate surface area is 193 Å². The van der Waals surface area contributed by atoms with Gasteiger partial charge in [-0.3, -0.25) is 4.79 Å². The van der Waals surface area contributed by atoms with Gasteiger partial charge >= 0.3 is 0 Å². The van der Waals surface area contributed by atoms with E-state index in [1.807, 2.05) is 0 Å². The van der Waals surface area contributed by atoms with Crippen LogP contribution in [0.15, 0.2) is 84.9 Å². The van der Waals surface area contributed by atoms with Gasteiger partial charge in [0.2, 0.25) is 0 Å². The van der Waals surface area contributed by atoms with Crippen molar-refractivity contribution in [3.8, 4) is 28.0 Å². The SMILES string of the molecule is COc1cc(-c2ccc(F)cc2)cc(-c2ccc(F)cc2)c1C(=O)C=Cc1c(F)cccc1F. The third-order valence-corrected chi connectivity index (χ3v) is 5.30. The molecule has 0 aliphatic heterocycles. The van der Waals surface area contributed by atoms with E-state index in [4.69, 9.17) is 4.74 Å². The first-order chi connectivity index (χ1) is 16.4. The Morgan fingerprint density at radius 2 is 1.29 bits per heavy atom. The van der Waals surface area contributed by atoms with Crippen LogP contribution in [0.25, 0.3) is 28.3 Å². The molecule has 0 bridgehead atoms. The Kier molecular flexibility index (Phi) is 6.59. The van der Waals surface area contributed by atoms with E-state index in [9.17, 15) is 22.4 Å². The summed E-state index contributed by atoms with van der Waals surface area (Å²) in [5.74, 6) is -2.82. The predicted molar refractivity (Wildman–Crippen MR) is 124 cm³/mol. The number of allylic oxidation sites excluding steroid dienone is 1. The molecule has 0 aliphatic carbocycles. The Balaban J connectivity index is 1.88. The fraction of sp³-hybridized carbons (Fsp3) is 0.0357. The minimum atomic E-state index is -0.804. The quantitative estimate of drug-likeness (QED) is 0.169. The summed E-state index contributed by atoms with van der Waals surface area (Å²) >= 11 is 0. The summed E-state index contributed by atoms with van der Waals surface area (Å²) in [5.41, 5.74) is 2.04. The monoisotopic (exact) mass is 462 g/mol. The van der Waals surface area contributed by atoms with E-state index in [1.54, 1.807) is 24.3 Å². The smallest absolute Gasteiger partial charge is 0.190 e. The zero-order valence-corrected chi connectivity index (χ0v) is 18.0. The molecule has 4 rings (SSSR count). The van der Waals surface area contributed by atoms with Crippen LogP contribution in [0.2, 0.25) is 0 Å². The van der Waals surface area contributed by atoms with Crippen LogP contribution in [0.4, 0.5) is 17.6 Å². The van der Waals surface area contributed by atoms with Crippen molar-refractivity contribution in [2.24, 2.45) is 0 Å². The first kappa shape index (κ1) is 23.0. The second-order valence-corrected chi connectivity index (χ2v) is 7.45. The van der Waals surface area contributed by atoms with Crippen LogP contribution in [-0.2, 0) is 0 Å². The molecule has 0 aromatic heterocycles. The topological polar surface area (TPSA) is 26.3 Å². The van der Waals surface area contributed by atoms with Crippen LogP contribution >= 0.6 is 0 Å². The maximum absolute atomic E-state index is 14.0. The second-order valence-electron chi connectivity index (χ2n) is 7.45. The summed E-state index contributed by atoms with van der Waals surface area (Å²) in [6.45, 7) is 0. The molecule has 4 aromatic rings. The van der Waals surface area contributed by atoms with Crippen LogP contribution in [0.1, 0.15) is 15.9 Å². The van der Waals surface area contributed by atoms with Gasteiger partial charge in [-0.15, -0.1) is 0 Å². The maximum Gasteiger partial charge on any atom is 0.190 e. The molecule has 6 heteroatoms. The highest BCUT2D eigenvalue weighted by atomic mass is 19.1. The van der Waals surface area contributed by atoms with Crippen molar-refractivity contribution < 1.29 is 27.1 Å². The van der Waals surface area contributed by atoms with Gasteiger partial charge in [-0.2, -0.15) is 0 Å². The van der Waals surface area contributed by atoms with Crippen molar-refractivity contribution in [2.45, 2.75) is 0 Å². The molecule has 0 unspecified atom stereocenters. The van der Waals surface area contributed by atoms with E-state index in [0.29, 0.717) is 22.3 Å². The molecular formula is C28H18F4O2. The van der Waals surface area contributed by atoms with Crippen molar-refractivity contribution in [3.05, 3.63) is 119 Å². The lowest BCUT2D eigenvalue weighted by molar-refractivity contribution is 0.104. The summed E-state index contributed by atoms with van der Waals surface area (Å²) in [6, 6.07) is 18.1. The zero-order valence-electron chi connectivity index (χ0n) is 18.0. The van der Waals surface area contributed by atoms with E-state index < -0.39 is 29.1 Å². The van der Waals surface area contributed by atoms with Crippen molar-refractivity contribution in [3.63, 3.8) is 0 Å². The molecule has 0 radical (unpaired) electrons. The van der Waals surface area contributed by atoms with E-state index in [-0.39, 0.29) is 16.9 Å². The van der Waals surface area contributed by atoms with Crippen LogP contribution in [-0.4, -0.2) is 12.9 Å². The number of ketones is 1. The molecule has 0 N–H and O–H groups in total. The molecule has 0 spiro atoms. The van der Waals surface area contributed by atoms with Gasteiger partial charge in [0.1, 0.15) is 29.0 Å². The Morgan fingerprint density at radius 3 is 1.85 bits per heavy atom. The molecule has 4 aromatic carbocycles. The van der Waals surface area contributed by atoms with Crippen LogP contribution < -0.4 is 4.74 Å². The number of hydrogen-bond acceptors (Lipinski definition) is 2. The molecule has 2 nitrogen and oxygen atoms in total. The van der Waals surface area contributed by atoms with Crippen LogP contribution in [0.3, 0.4) is 0 Å². The van der Waals surface area contributed by atoms with Gasteiger partial charge in [0, 0.05) is 5.56 Å². The lowest BCUT2D eigenvalue weighted by atomic mass is 9.91. The van der Waals surface area contributed by atoms with Gasteiger partial charge in [0.05, 0.1) is 12.7 Å². The summed E-state index contributed by atoms with van der Waals surface area (Å²) in [5, 5.41) is 0. The standard InChI is InChI=1S/C28H18F4O2/c1-34-27-16-19(17-5-9-20(29)10-6-17)15-23(18-7-11-21(30)12-8-18)28(27)26(33)14-13-22-24(31)3-2-4-25(22)32/h2-16H,1H3. The van der Waals surface area contributed by atoms with Gasteiger partial charge in [-0.25, -0.2) is 17.6 Å². The molecule has 0 atom stereocenters. The van der Waals surface area contributed by atoms with E-state index in [1.165, 1.54) is 49.6 Å². The highest BCUT2D eigenvalue weighted by Crippen LogP contribution is 2.37. The number of carbonyl (C=O) groups excluding carboxylic acids is 1. The number of halogens is 4. The molecule has 0 heterocycles. The first-order valence-corrected chi connectivity index (χ1v) is 10.3. The molecule has 0 saturated heterocycles. The highest BCUT2D eigenvalue weighted by molar-refractivity contribution is 6.13. The number of carbonyl (C=O) groups is 1. The van der Waals surface area contributed by atoms with Gasteiger partial charge in [-0.1, -0.05) is 30.3 Å². The Bertz CT molecular complexity index is 1350. The normalized spacial score (nSPS) is 11.1. The summed E-state index contributed by atoms with van der Waals surface area (Å²) in [4.78, 5) is 13.2. The summed E-state index contributed by atoms with van der Waals surface area (Å²) < 4.78 is 60.5. The van der Waals surface area contributed by atoms with E-state index in [2.05, 4.69) is 0 Å². The minimum absolute atomic E-state index is 0.132. The number of methoxy groups -OCH3 is 1. The fourth-order valence-electron chi connectivity index (χ4n) is 3.61. The third kappa shape index (κ3) is 4.76. The second kappa shape index (κ2) is 9.75. The Hall–Kier alpha value is -4.19. The van der Waals surface area contributed by atoms with E-state index in [0.717, 1.165) is 24.3 Å². The van der Waals surface area contributed by atoms with Crippen molar-refractivity contribution >= 4 is 11.9 Å². The van der Waals surface area contributed by atoms with Crippen molar-refractivity contribution in [1.82, 2.24) is 0 Å². The highest BCUT2D eigenvalue weighted by Gasteiger charge is 2.20. The lowest BCUT2D eigenvalue weighted by Crippen LogP contribution is -2.03. The average molecular weight is 462 g/mol. The molecular weight excluding hydrogens is 444 g/mol. The van der Waals surface area contributed by atoms with Crippen LogP contribution in [0.5, 0.6) is 5.75 Å². The average Bonchev–Trinajstić information content (AvgIpc) is 2.83. The van der Waals surface area contributed by atoms with Crippen LogP contribution in [0, 0.1) is 23.3 Å². The first-order valence-electron chi connectivity index (χ1n) is 10.3. The van der Waals surface area contributed by atoms with Crippen molar-refractivity contribution in [1.29, 1.82) is 0 Å². The molecule has 34 heavy (non-hydrogen) atoms. The number of rotatable bonds is 6. The lowest BCUT2D eigenvalue weighted by Gasteiger charge is -2.15. The third-order valence-electron chi connectivity index (χ3n) is 5.30. The van der Waals surface area contributed by atoms with E-state index >= 15 is 0 Å². The van der Waals surface area contributed by atoms with Crippen molar-refractivity contribution in [2.75, 3.05) is 7.11 Å². The molecule has 0 fully saturated rings. The summed E-state index contributed by atoms with van der Waals surface area (Å²) in [7, 11) is 1.38. The number of benzene rings is 4. The molecule has 0 amide bonds. The predicted octanol–water partition coefficient (Wildman–Crippen LogP) is 7.48. The number of ether oxygens (including phenoxy) is 1. The minimum Gasteiger partial charge on any atom is -0.496 e. The molecule has 0 saturated carbocycles.